The van der Waals surface area contributed by atoms with Crippen LogP contribution >= 0.6 is 31.9 Å². The maximum atomic E-state index is 4.40. The van der Waals surface area contributed by atoms with E-state index in [1.165, 1.54) is 11.1 Å². The van der Waals surface area contributed by atoms with Gasteiger partial charge in [-0.15, -0.1) is 0 Å². The number of aromatic nitrogens is 1. The molecule has 0 amide bonds. The Balaban J connectivity index is 2.00. The average molecular weight is 384 g/mol. The molecule has 0 fully saturated rings. The summed E-state index contributed by atoms with van der Waals surface area (Å²) in [6, 6.07) is 10.9. The van der Waals surface area contributed by atoms with E-state index in [2.05, 4.69) is 80.3 Å². The third-order valence-corrected chi connectivity index (χ3v) is 4.16. The number of rotatable bonds is 4. The van der Waals surface area contributed by atoms with Gasteiger partial charge in [0.1, 0.15) is 0 Å². The maximum absolute atomic E-state index is 4.40. The first-order valence-corrected chi connectivity index (χ1v) is 7.74. The van der Waals surface area contributed by atoms with Gasteiger partial charge < -0.3 is 5.32 Å². The lowest BCUT2D eigenvalue weighted by Gasteiger charge is -2.15. The summed E-state index contributed by atoms with van der Waals surface area (Å²) < 4.78 is 2.00. The Hall–Kier alpha value is -0.710. The first kappa shape index (κ1) is 14.7. The number of hydrogen-bond acceptors (Lipinski definition) is 2. The molecule has 0 aliphatic carbocycles. The van der Waals surface area contributed by atoms with Crippen molar-refractivity contribution in [1.29, 1.82) is 0 Å². The van der Waals surface area contributed by atoms with Crippen molar-refractivity contribution in [3.63, 3.8) is 0 Å². The minimum atomic E-state index is 0.304. The van der Waals surface area contributed by atoms with Crippen LogP contribution in [0.4, 0.5) is 0 Å². The fourth-order valence-corrected chi connectivity index (χ4v) is 2.92. The lowest BCUT2D eigenvalue weighted by atomic mass is 10.1. The normalized spacial score (nSPS) is 12.4. The van der Waals surface area contributed by atoms with Gasteiger partial charge in [0.25, 0.3) is 0 Å². The first-order valence-electron chi connectivity index (χ1n) is 6.16. The van der Waals surface area contributed by atoms with Crippen molar-refractivity contribution < 1.29 is 0 Å². The summed E-state index contributed by atoms with van der Waals surface area (Å²) in [6.07, 6.45) is 1.82. The van der Waals surface area contributed by atoms with Crippen molar-refractivity contribution in [2.24, 2.45) is 0 Å². The highest BCUT2D eigenvalue weighted by Crippen LogP contribution is 2.20. The Morgan fingerprint density at radius 2 is 1.89 bits per heavy atom. The summed E-state index contributed by atoms with van der Waals surface area (Å²) in [7, 11) is 0. The minimum Gasteiger partial charge on any atom is -0.305 e. The van der Waals surface area contributed by atoms with E-state index in [0.717, 1.165) is 21.2 Å². The van der Waals surface area contributed by atoms with E-state index >= 15 is 0 Å². The quantitative estimate of drug-likeness (QED) is 0.822. The second-order valence-electron chi connectivity index (χ2n) is 4.60. The summed E-state index contributed by atoms with van der Waals surface area (Å²) in [4.78, 5) is 4.40. The van der Waals surface area contributed by atoms with E-state index in [1.807, 2.05) is 12.3 Å². The topological polar surface area (TPSA) is 24.9 Å². The molecular formula is C15H16Br2N2. The monoisotopic (exact) mass is 382 g/mol. The molecule has 0 aliphatic heterocycles. The predicted octanol–water partition coefficient (Wildman–Crippen LogP) is 4.77. The standard InChI is InChI=1S/C15H16Br2N2/c1-10-3-5-12(6-4-10)11(2)18-9-15-14(17)7-13(16)8-19-15/h3-8,11,18H,9H2,1-2H3. The molecule has 0 spiro atoms. The number of pyridine rings is 1. The van der Waals surface area contributed by atoms with Gasteiger partial charge in [-0.2, -0.15) is 0 Å². The zero-order valence-electron chi connectivity index (χ0n) is 11.0. The van der Waals surface area contributed by atoms with Crippen LogP contribution in [-0.2, 0) is 6.54 Å². The number of nitrogens with one attached hydrogen (secondary N) is 1. The fraction of sp³-hybridized carbons (Fsp3) is 0.267. The van der Waals surface area contributed by atoms with Gasteiger partial charge in [-0.25, -0.2) is 0 Å². The Morgan fingerprint density at radius 3 is 2.53 bits per heavy atom. The molecule has 0 bridgehead atoms. The Labute approximate surface area is 130 Å². The molecule has 100 valence electrons. The van der Waals surface area contributed by atoms with Crippen LogP contribution in [0.25, 0.3) is 0 Å². The van der Waals surface area contributed by atoms with Gasteiger partial charge in [0.05, 0.1) is 5.69 Å². The molecule has 1 aromatic carbocycles. The molecule has 0 radical (unpaired) electrons. The number of nitrogens with zero attached hydrogens (tertiary/aromatic N) is 1. The smallest absolute Gasteiger partial charge is 0.0684 e. The van der Waals surface area contributed by atoms with Crippen LogP contribution in [0.3, 0.4) is 0 Å². The number of hydrogen-bond donors (Lipinski definition) is 1. The summed E-state index contributed by atoms with van der Waals surface area (Å²) >= 11 is 6.94. The van der Waals surface area contributed by atoms with Gasteiger partial charge in [-0.1, -0.05) is 29.8 Å². The van der Waals surface area contributed by atoms with Gasteiger partial charge >= 0.3 is 0 Å². The number of halogens is 2. The van der Waals surface area contributed by atoms with Crippen molar-refractivity contribution >= 4 is 31.9 Å². The average Bonchev–Trinajstić information content (AvgIpc) is 2.38. The maximum Gasteiger partial charge on any atom is 0.0684 e. The van der Waals surface area contributed by atoms with Crippen LogP contribution in [0, 0.1) is 6.92 Å². The molecule has 4 heteroatoms. The van der Waals surface area contributed by atoms with Crippen molar-refractivity contribution in [2.45, 2.75) is 26.4 Å². The summed E-state index contributed by atoms with van der Waals surface area (Å²) in [6.45, 7) is 5.01. The zero-order chi connectivity index (χ0) is 13.8. The van der Waals surface area contributed by atoms with Gasteiger partial charge in [0.2, 0.25) is 0 Å². The summed E-state index contributed by atoms with van der Waals surface area (Å²) in [5, 5.41) is 3.49. The zero-order valence-corrected chi connectivity index (χ0v) is 14.1. The van der Waals surface area contributed by atoms with Gasteiger partial charge in [0.15, 0.2) is 0 Å². The molecule has 19 heavy (non-hydrogen) atoms. The largest absolute Gasteiger partial charge is 0.305 e. The van der Waals surface area contributed by atoms with E-state index in [9.17, 15) is 0 Å². The highest BCUT2D eigenvalue weighted by molar-refractivity contribution is 9.11. The number of benzene rings is 1. The molecule has 1 unspecified atom stereocenters. The number of aryl methyl sites for hydroxylation is 1. The van der Waals surface area contributed by atoms with Crippen LogP contribution in [-0.4, -0.2) is 4.98 Å². The van der Waals surface area contributed by atoms with Gasteiger partial charge in [-0.05, 0) is 57.3 Å². The Bertz CT molecular complexity index is 553. The third-order valence-electron chi connectivity index (χ3n) is 3.04. The molecule has 1 aromatic heterocycles. The van der Waals surface area contributed by atoms with E-state index < -0.39 is 0 Å². The minimum absolute atomic E-state index is 0.304. The molecule has 0 saturated heterocycles. The highest BCUT2D eigenvalue weighted by atomic mass is 79.9. The van der Waals surface area contributed by atoms with Crippen molar-refractivity contribution in [1.82, 2.24) is 10.3 Å². The molecule has 2 nitrogen and oxygen atoms in total. The van der Waals surface area contributed by atoms with Gasteiger partial charge in [-0.3, -0.25) is 4.98 Å². The summed E-state index contributed by atoms with van der Waals surface area (Å²) in [5.74, 6) is 0. The van der Waals surface area contributed by atoms with Crippen LogP contribution in [0.5, 0.6) is 0 Å². The predicted molar refractivity (Wildman–Crippen MR) is 86.1 cm³/mol. The highest BCUT2D eigenvalue weighted by Gasteiger charge is 2.07. The van der Waals surface area contributed by atoms with Crippen molar-refractivity contribution in [3.8, 4) is 0 Å². The van der Waals surface area contributed by atoms with Crippen molar-refractivity contribution in [2.75, 3.05) is 0 Å². The molecular weight excluding hydrogens is 368 g/mol. The third kappa shape index (κ3) is 4.13. The second-order valence-corrected chi connectivity index (χ2v) is 6.37. The molecule has 0 saturated carbocycles. The van der Waals surface area contributed by atoms with E-state index in [0.29, 0.717) is 6.04 Å². The lowest BCUT2D eigenvalue weighted by molar-refractivity contribution is 0.566. The fourth-order valence-electron chi connectivity index (χ4n) is 1.80. The molecule has 1 heterocycles. The molecule has 1 atom stereocenters. The molecule has 1 N–H and O–H groups in total. The van der Waals surface area contributed by atoms with E-state index in [-0.39, 0.29) is 0 Å². The van der Waals surface area contributed by atoms with Crippen LogP contribution in [0.2, 0.25) is 0 Å². The second kappa shape index (κ2) is 6.64. The Morgan fingerprint density at radius 1 is 1.21 bits per heavy atom. The SMILES string of the molecule is Cc1ccc(C(C)NCc2ncc(Br)cc2Br)cc1. The molecule has 2 aromatic rings. The van der Waals surface area contributed by atoms with E-state index in [1.54, 1.807) is 0 Å². The van der Waals surface area contributed by atoms with Crippen molar-refractivity contribution in [3.05, 3.63) is 62.3 Å². The Kier molecular flexibility index (Phi) is 5.13. The molecule has 0 aliphatic rings. The van der Waals surface area contributed by atoms with Gasteiger partial charge in [0, 0.05) is 27.7 Å². The summed E-state index contributed by atoms with van der Waals surface area (Å²) in [5.41, 5.74) is 3.59. The molecule has 2 rings (SSSR count). The first-order chi connectivity index (χ1) is 9.06. The lowest BCUT2D eigenvalue weighted by Crippen LogP contribution is -2.19. The van der Waals surface area contributed by atoms with Crippen LogP contribution in [0.15, 0.2) is 45.5 Å². The van der Waals surface area contributed by atoms with Crippen LogP contribution < -0.4 is 5.32 Å². The van der Waals surface area contributed by atoms with Crippen LogP contribution in [0.1, 0.15) is 29.8 Å². The van der Waals surface area contributed by atoms with E-state index in [4.69, 9.17) is 0 Å².